The van der Waals surface area contributed by atoms with Gasteiger partial charge in [0.15, 0.2) is 0 Å². The van der Waals surface area contributed by atoms with Crippen LogP contribution in [0.1, 0.15) is 18.0 Å². The molecule has 2 N–H and O–H groups in total. The van der Waals surface area contributed by atoms with Crippen LogP contribution >= 0.6 is 28.3 Å². The Bertz CT molecular complexity index is 275. The number of hydrogen-bond acceptors (Lipinski definition) is 1. The molecule has 0 amide bonds. The Morgan fingerprint density at radius 3 is 2.77 bits per heavy atom. The molecule has 0 spiro atoms. The summed E-state index contributed by atoms with van der Waals surface area (Å²) in [5.74, 6) is 0. The Balaban J connectivity index is 0.00000144. The van der Waals surface area contributed by atoms with Crippen molar-refractivity contribution >= 4 is 28.3 Å². The lowest BCUT2D eigenvalue weighted by Crippen LogP contribution is -2.08. The fourth-order valence-electron chi connectivity index (χ4n) is 1.05. The van der Waals surface area contributed by atoms with Gasteiger partial charge in [0, 0.05) is 10.5 Å². The van der Waals surface area contributed by atoms with Crippen LogP contribution in [-0.4, -0.2) is 0 Å². The highest BCUT2D eigenvalue weighted by Gasteiger charge is 2.02. The van der Waals surface area contributed by atoms with Crippen LogP contribution in [0.5, 0.6) is 0 Å². The van der Waals surface area contributed by atoms with Crippen LogP contribution in [0.25, 0.3) is 0 Å². The molecule has 0 aliphatic rings. The predicted molar refractivity (Wildman–Crippen MR) is 63.1 cm³/mol. The van der Waals surface area contributed by atoms with Crippen molar-refractivity contribution < 1.29 is 0 Å². The Labute approximate surface area is 93.6 Å². The molecule has 1 atom stereocenters. The highest BCUT2D eigenvalue weighted by atomic mass is 79.9. The van der Waals surface area contributed by atoms with Gasteiger partial charge in [-0.15, -0.1) is 19.0 Å². The van der Waals surface area contributed by atoms with Crippen molar-refractivity contribution in [1.29, 1.82) is 0 Å². The molecule has 0 saturated carbocycles. The molecule has 0 fully saturated rings. The van der Waals surface area contributed by atoms with E-state index in [-0.39, 0.29) is 18.4 Å². The maximum absolute atomic E-state index is 5.88. The third-order valence-corrected chi connectivity index (χ3v) is 2.19. The van der Waals surface area contributed by atoms with Crippen molar-refractivity contribution in [2.75, 3.05) is 0 Å². The normalized spacial score (nSPS) is 11.5. The van der Waals surface area contributed by atoms with E-state index in [1.165, 1.54) is 0 Å². The maximum atomic E-state index is 5.88. The summed E-state index contributed by atoms with van der Waals surface area (Å²) in [4.78, 5) is 0. The summed E-state index contributed by atoms with van der Waals surface area (Å²) in [6, 6.07) is 8.11. The minimum absolute atomic E-state index is 0. The van der Waals surface area contributed by atoms with Crippen molar-refractivity contribution in [2.45, 2.75) is 12.5 Å². The zero-order valence-corrected chi connectivity index (χ0v) is 9.64. The van der Waals surface area contributed by atoms with Crippen LogP contribution < -0.4 is 5.73 Å². The molecule has 0 aliphatic carbocycles. The van der Waals surface area contributed by atoms with Crippen molar-refractivity contribution in [3.8, 4) is 0 Å². The summed E-state index contributed by atoms with van der Waals surface area (Å²) in [6.07, 6.45) is 2.65. The maximum Gasteiger partial charge on any atom is 0.0330 e. The molecule has 0 unspecified atom stereocenters. The molecule has 0 radical (unpaired) electrons. The van der Waals surface area contributed by atoms with Crippen molar-refractivity contribution in [3.63, 3.8) is 0 Å². The van der Waals surface area contributed by atoms with Crippen LogP contribution in [0.2, 0.25) is 0 Å². The lowest BCUT2D eigenvalue weighted by molar-refractivity contribution is 0.741. The summed E-state index contributed by atoms with van der Waals surface area (Å²) in [7, 11) is 0. The summed E-state index contributed by atoms with van der Waals surface area (Å²) in [5, 5.41) is 0. The summed E-state index contributed by atoms with van der Waals surface area (Å²) in [5.41, 5.74) is 7.03. The molecule has 0 saturated heterocycles. The van der Waals surface area contributed by atoms with Crippen LogP contribution in [-0.2, 0) is 0 Å². The van der Waals surface area contributed by atoms with Gasteiger partial charge in [-0.05, 0) is 24.1 Å². The standard InChI is InChI=1S/C10H12BrN.ClH/c1-2-4-10(12)8-5-3-6-9(11)7-8;/h2-3,5-7,10H,1,4,12H2;1H/t10-;/m0./s1. The van der Waals surface area contributed by atoms with Gasteiger partial charge in [0.1, 0.15) is 0 Å². The monoisotopic (exact) mass is 261 g/mol. The van der Waals surface area contributed by atoms with Crippen LogP contribution in [0.4, 0.5) is 0 Å². The molecule has 3 heteroatoms. The molecule has 0 heterocycles. The average Bonchev–Trinajstić information content (AvgIpc) is 2.05. The Hall–Kier alpha value is -0.310. The zero-order chi connectivity index (χ0) is 8.97. The van der Waals surface area contributed by atoms with Gasteiger partial charge in [-0.1, -0.05) is 34.1 Å². The fraction of sp³-hybridized carbons (Fsp3) is 0.200. The molecule has 0 bridgehead atoms. The van der Waals surface area contributed by atoms with Crippen LogP contribution in [0.15, 0.2) is 41.4 Å². The molecule has 13 heavy (non-hydrogen) atoms. The second-order valence-corrected chi connectivity index (χ2v) is 3.60. The quantitative estimate of drug-likeness (QED) is 0.830. The number of hydrogen-bond donors (Lipinski definition) is 1. The SMILES string of the molecule is C=CC[C@H](N)c1cccc(Br)c1.Cl. The first-order valence-corrected chi connectivity index (χ1v) is 4.65. The third-order valence-electron chi connectivity index (χ3n) is 1.70. The van der Waals surface area contributed by atoms with Gasteiger partial charge in [0.25, 0.3) is 0 Å². The number of halogens is 2. The van der Waals surface area contributed by atoms with Crippen LogP contribution in [0, 0.1) is 0 Å². The van der Waals surface area contributed by atoms with Gasteiger partial charge in [-0.3, -0.25) is 0 Å². The molecule has 0 aromatic heterocycles. The first kappa shape index (κ1) is 12.7. The van der Waals surface area contributed by atoms with E-state index in [2.05, 4.69) is 22.5 Å². The van der Waals surface area contributed by atoms with E-state index in [0.717, 1.165) is 16.5 Å². The largest absolute Gasteiger partial charge is 0.324 e. The molecule has 72 valence electrons. The minimum atomic E-state index is 0. The van der Waals surface area contributed by atoms with Gasteiger partial charge in [-0.25, -0.2) is 0 Å². The van der Waals surface area contributed by atoms with Crippen LogP contribution in [0.3, 0.4) is 0 Å². The number of rotatable bonds is 3. The van der Waals surface area contributed by atoms with Gasteiger partial charge in [0.2, 0.25) is 0 Å². The molecule has 1 rings (SSSR count). The summed E-state index contributed by atoms with van der Waals surface area (Å²) >= 11 is 3.40. The van der Waals surface area contributed by atoms with E-state index < -0.39 is 0 Å². The molecule has 0 aliphatic heterocycles. The first-order valence-electron chi connectivity index (χ1n) is 3.86. The van der Waals surface area contributed by atoms with Crippen molar-refractivity contribution in [3.05, 3.63) is 47.0 Å². The summed E-state index contributed by atoms with van der Waals surface area (Å²) < 4.78 is 1.07. The van der Waals surface area contributed by atoms with Gasteiger partial charge < -0.3 is 5.73 Å². The highest BCUT2D eigenvalue weighted by molar-refractivity contribution is 9.10. The molecule has 1 nitrogen and oxygen atoms in total. The highest BCUT2D eigenvalue weighted by Crippen LogP contribution is 2.18. The Morgan fingerprint density at radius 1 is 1.54 bits per heavy atom. The average molecular weight is 263 g/mol. The minimum Gasteiger partial charge on any atom is -0.324 e. The number of nitrogens with two attached hydrogens (primary N) is 1. The summed E-state index contributed by atoms with van der Waals surface area (Å²) in [6.45, 7) is 3.66. The Morgan fingerprint density at radius 2 is 2.23 bits per heavy atom. The third kappa shape index (κ3) is 3.94. The van der Waals surface area contributed by atoms with Gasteiger partial charge in [0.05, 0.1) is 0 Å². The predicted octanol–water partition coefficient (Wildman–Crippen LogP) is 3.45. The van der Waals surface area contributed by atoms with Crippen molar-refractivity contribution in [2.24, 2.45) is 5.73 Å². The van der Waals surface area contributed by atoms with E-state index in [1.54, 1.807) is 0 Å². The van der Waals surface area contributed by atoms with E-state index in [9.17, 15) is 0 Å². The number of benzene rings is 1. The fourth-order valence-corrected chi connectivity index (χ4v) is 1.47. The van der Waals surface area contributed by atoms with Gasteiger partial charge in [-0.2, -0.15) is 0 Å². The molecular weight excluding hydrogens is 249 g/mol. The smallest absolute Gasteiger partial charge is 0.0330 e. The lowest BCUT2D eigenvalue weighted by Gasteiger charge is -2.08. The molecular formula is C10H13BrClN. The molecule has 1 aromatic rings. The zero-order valence-electron chi connectivity index (χ0n) is 7.24. The second kappa shape index (κ2) is 6.19. The lowest BCUT2D eigenvalue weighted by atomic mass is 10.1. The Kier molecular flexibility index (Phi) is 6.04. The van der Waals surface area contributed by atoms with E-state index in [1.807, 2.05) is 30.3 Å². The molecule has 1 aromatic carbocycles. The first-order chi connectivity index (χ1) is 5.74. The van der Waals surface area contributed by atoms with E-state index in [0.29, 0.717) is 0 Å². The van der Waals surface area contributed by atoms with Gasteiger partial charge >= 0.3 is 0 Å². The second-order valence-electron chi connectivity index (χ2n) is 2.69. The topological polar surface area (TPSA) is 26.0 Å². The van der Waals surface area contributed by atoms with E-state index in [4.69, 9.17) is 5.73 Å². The van der Waals surface area contributed by atoms with E-state index >= 15 is 0 Å². The van der Waals surface area contributed by atoms with Crippen molar-refractivity contribution in [1.82, 2.24) is 0 Å².